The molecule has 1 aromatic rings. The highest BCUT2D eigenvalue weighted by Gasteiger charge is 2.47. The molecule has 0 aliphatic heterocycles. The van der Waals surface area contributed by atoms with Gasteiger partial charge >= 0.3 is 8.80 Å². The highest BCUT2D eigenvalue weighted by Crippen LogP contribution is 2.21. The third-order valence-corrected chi connectivity index (χ3v) is 6.79. The number of hydrogen-bond donors (Lipinski definition) is 0. The molecule has 0 atom stereocenters. The van der Waals surface area contributed by atoms with Crippen molar-refractivity contribution in [1.29, 1.82) is 0 Å². The summed E-state index contributed by atoms with van der Waals surface area (Å²) in [5, 5.41) is 1.06. The predicted molar refractivity (Wildman–Crippen MR) is 94.7 cm³/mol. The van der Waals surface area contributed by atoms with Gasteiger partial charge in [0.15, 0.2) is 0 Å². The Balaban J connectivity index is 3.44. The maximum atomic E-state index is 6.29. The SMILES string of the molecule is Cc1cc([Si](OC(C)C)(OC(C)C)OC(C)C)cc(C)c1C. The zero-order valence-electron chi connectivity index (χ0n) is 15.6. The molecule has 0 aromatic heterocycles. The van der Waals surface area contributed by atoms with E-state index in [1.165, 1.54) is 16.7 Å². The Morgan fingerprint density at radius 3 is 1.27 bits per heavy atom. The molecule has 0 heterocycles. The summed E-state index contributed by atoms with van der Waals surface area (Å²) in [6, 6.07) is 4.34. The molecule has 0 amide bonds. The minimum Gasteiger partial charge on any atom is -0.367 e. The maximum Gasteiger partial charge on any atom is 0.537 e. The molecule has 0 saturated carbocycles. The average Bonchev–Trinajstić information content (AvgIpc) is 2.32. The lowest BCUT2D eigenvalue weighted by atomic mass is 10.1. The van der Waals surface area contributed by atoms with Crippen molar-refractivity contribution in [3.8, 4) is 0 Å². The van der Waals surface area contributed by atoms with Crippen LogP contribution in [0.25, 0.3) is 0 Å². The quantitative estimate of drug-likeness (QED) is 0.709. The molecule has 4 heteroatoms. The predicted octanol–water partition coefficient (Wildman–Crippen LogP) is 4.03. The molecule has 0 fully saturated rings. The number of rotatable bonds is 7. The highest BCUT2D eigenvalue weighted by atomic mass is 28.4. The van der Waals surface area contributed by atoms with Crippen molar-refractivity contribution in [2.75, 3.05) is 0 Å². The summed E-state index contributed by atoms with van der Waals surface area (Å²) >= 11 is 0. The Hall–Kier alpha value is -0.683. The van der Waals surface area contributed by atoms with Crippen molar-refractivity contribution in [1.82, 2.24) is 0 Å². The first kappa shape index (κ1) is 19.4. The van der Waals surface area contributed by atoms with Gasteiger partial charge in [0.25, 0.3) is 0 Å². The Morgan fingerprint density at radius 1 is 0.682 bits per heavy atom. The van der Waals surface area contributed by atoms with E-state index in [9.17, 15) is 0 Å². The van der Waals surface area contributed by atoms with Crippen molar-refractivity contribution < 1.29 is 13.3 Å². The van der Waals surface area contributed by atoms with Gasteiger partial charge in [0, 0.05) is 23.5 Å². The molecule has 0 unspecified atom stereocenters. The van der Waals surface area contributed by atoms with Gasteiger partial charge in [-0.25, -0.2) is 0 Å². The fraction of sp³-hybridized carbons (Fsp3) is 0.667. The monoisotopic (exact) mass is 324 g/mol. The number of benzene rings is 1. The normalized spacial score (nSPS) is 12.7. The van der Waals surface area contributed by atoms with Gasteiger partial charge in [-0.15, -0.1) is 0 Å². The zero-order chi connectivity index (χ0) is 17.1. The van der Waals surface area contributed by atoms with Gasteiger partial charge in [0.05, 0.1) is 0 Å². The second-order valence-electron chi connectivity index (χ2n) is 6.79. The van der Waals surface area contributed by atoms with Crippen LogP contribution in [0.4, 0.5) is 0 Å². The third kappa shape index (κ3) is 4.91. The average molecular weight is 325 g/mol. The summed E-state index contributed by atoms with van der Waals surface area (Å²) in [6.07, 6.45) is 0.142. The molecule has 3 nitrogen and oxygen atoms in total. The van der Waals surface area contributed by atoms with E-state index in [4.69, 9.17) is 13.3 Å². The van der Waals surface area contributed by atoms with E-state index in [-0.39, 0.29) is 18.3 Å². The standard InChI is InChI=1S/C18H32O3Si/c1-12(2)19-22(20-13(3)4,21-14(5)6)18-10-15(7)17(9)16(8)11-18/h10-14H,1-9H3. The molecular weight excluding hydrogens is 292 g/mol. The van der Waals surface area contributed by atoms with Crippen molar-refractivity contribution >= 4 is 14.0 Å². The summed E-state index contributed by atoms with van der Waals surface area (Å²) in [7, 11) is -2.95. The fourth-order valence-electron chi connectivity index (χ4n) is 2.43. The zero-order valence-corrected chi connectivity index (χ0v) is 16.6. The largest absolute Gasteiger partial charge is 0.537 e. The van der Waals surface area contributed by atoms with Crippen LogP contribution in [0, 0.1) is 20.8 Å². The Kier molecular flexibility index (Phi) is 6.80. The molecule has 0 aliphatic carbocycles. The minimum atomic E-state index is -2.95. The van der Waals surface area contributed by atoms with Crippen LogP contribution < -0.4 is 5.19 Å². The van der Waals surface area contributed by atoms with E-state index in [1.54, 1.807) is 0 Å². The molecule has 0 radical (unpaired) electrons. The molecule has 0 bridgehead atoms. The van der Waals surface area contributed by atoms with Crippen LogP contribution in [0.15, 0.2) is 12.1 Å². The van der Waals surface area contributed by atoms with Crippen LogP contribution in [0.3, 0.4) is 0 Å². The molecule has 0 N–H and O–H groups in total. The van der Waals surface area contributed by atoms with Crippen LogP contribution in [0.2, 0.25) is 0 Å². The van der Waals surface area contributed by atoms with Gasteiger partial charge in [-0.2, -0.15) is 0 Å². The second-order valence-corrected chi connectivity index (χ2v) is 9.19. The van der Waals surface area contributed by atoms with E-state index >= 15 is 0 Å². The van der Waals surface area contributed by atoms with Crippen molar-refractivity contribution in [2.45, 2.75) is 80.6 Å². The van der Waals surface area contributed by atoms with Gasteiger partial charge < -0.3 is 13.3 Å². The molecule has 0 aliphatic rings. The summed E-state index contributed by atoms with van der Waals surface area (Å²) in [4.78, 5) is 0. The fourth-order valence-corrected chi connectivity index (χ4v) is 5.65. The smallest absolute Gasteiger partial charge is 0.367 e. The van der Waals surface area contributed by atoms with Crippen molar-refractivity contribution in [3.05, 3.63) is 28.8 Å². The Labute approximate surface area is 137 Å². The van der Waals surface area contributed by atoms with Gasteiger partial charge in [0.2, 0.25) is 0 Å². The van der Waals surface area contributed by atoms with E-state index in [1.807, 2.05) is 41.5 Å². The Bertz CT molecular complexity index is 446. The Morgan fingerprint density at radius 2 is 1.00 bits per heavy atom. The molecule has 1 aromatic carbocycles. The second kappa shape index (κ2) is 7.73. The van der Waals surface area contributed by atoms with Crippen LogP contribution in [-0.2, 0) is 13.3 Å². The first-order valence-corrected chi connectivity index (χ1v) is 9.91. The first-order chi connectivity index (χ1) is 10.1. The van der Waals surface area contributed by atoms with Crippen molar-refractivity contribution in [3.63, 3.8) is 0 Å². The molecule has 1 rings (SSSR count). The van der Waals surface area contributed by atoms with Gasteiger partial charge in [0.1, 0.15) is 0 Å². The molecule has 22 heavy (non-hydrogen) atoms. The summed E-state index contributed by atoms with van der Waals surface area (Å²) in [6.45, 7) is 18.6. The maximum absolute atomic E-state index is 6.29. The van der Waals surface area contributed by atoms with Crippen LogP contribution in [0.5, 0.6) is 0 Å². The van der Waals surface area contributed by atoms with E-state index in [2.05, 4.69) is 32.9 Å². The lowest BCUT2D eigenvalue weighted by molar-refractivity contribution is 0.0153. The van der Waals surface area contributed by atoms with Crippen molar-refractivity contribution in [2.24, 2.45) is 0 Å². The van der Waals surface area contributed by atoms with Crippen LogP contribution in [0.1, 0.15) is 58.2 Å². The van der Waals surface area contributed by atoms with Gasteiger partial charge in [-0.05, 0) is 79.0 Å². The number of hydrogen-bond acceptors (Lipinski definition) is 3. The van der Waals surface area contributed by atoms with Gasteiger partial charge in [-0.1, -0.05) is 12.1 Å². The van der Waals surface area contributed by atoms with Crippen LogP contribution in [-0.4, -0.2) is 27.1 Å². The van der Waals surface area contributed by atoms with Crippen LogP contribution >= 0.6 is 0 Å². The number of aryl methyl sites for hydroxylation is 2. The minimum absolute atomic E-state index is 0.0473. The topological polar surface area (TPSA) is 27.7 Å². The molecule has 0 saturated heterocycles. The summed E-state index contributed by atoms with van der Waals surface area (Å²) in [5.41, 5.74) is 3.81. The summed E-state index contributed by atoms with van der Waals surface area (Å²) in [5.74, 6) is 0. The first-order valence-electron chi connectivity index (χ1n) is 8.19. The van der Waals surface area contributed by atoms with E-state index < -0.39 is 8.80 Å². The lowest BCUT2D eigenvalue weighted by Crippen LogP contribution is -2.60. The molecular formula is C18H32O3Si. The third-order valence-electron chi connectivity index (χ3n) is 3.45. The highest BCUT2D eigenvalue weighted by molar-refractivity contribution is 6.75. The van der Waals surface area contributed by atoms with E-state index in [0.29, 0.717) is 0 Å². The lowest BCUT2D eigenvalue weighted by Gasteiger charge is -2.35. The van der Waals surface area contributed by atoms with E-state index in [0.717, 1.165) is 5.19 Å². The van der Waals surface area contributed by atoms with Gasteiger partial charge in [-0.3, -0.25) is 0 Å². The molecule has 0 spiro atoms. The summed E-state index contributed by atoms with van der Waals surface area (Å²) < 4.78 is 18.9. The molecule has 126 valence electrons.